The Labute approximate surface area is 153 Å². The quantitative estimate of drug-likeness (QED) is 0.379. The lowest BCUT2D eigenvalue weighted by molar-refractivity contribution is -0.197. The number of nitrogens with zero attached hydrogens (tertiary/aromatic N) is 1. The summed E-state index contributed by atoms with van der Waals surface area (Å²) in [6.07, 6.45) is -0.913. The summed E-state index contributed by atoms with van der Waals surface area (Å²) in [6, 6.07) is 0. The first-order valence-corrected chi connectivity index (χ1v) is 16.5. The van der Waals surface area contributed by atoms with Gasteiger partial charge in [-0.05, 0) is 45.1 Å². The predicted molar refractivity (Wildman–Crippen MR) is 101 cm³/mol. The van der Waals surface area contributed by atoms with Crippen LogP contribution in [0.3, 0.4) is 0 Å². The van der Waals surface area contributed by atoms with Crippen molar-refractivity contribution in [3.05, 3.63) is 0 Å². The van der Waals surface area contributed by atoms with Crippen LogP contribution in [-0.4, -0.2) is 47.8 Å². The maximum Gasteiger partial charge on any atom is 0.326 e. The second kappa shape index (κ2) is 6.66. The first-order chi connectivity index (χ1) is 10.4. The summed E-state index contributed by atoms with van der Waals surface area (Å²) in [6.45, 7) is 17.7. The Kier molecular flexibility index (Phi) is 6.13. The Bertz CT molecular complexity index is 599. The van der Waals surface area contributed by atoms with Crippen molar-refractivity contribution in [1.29, 1.82) is 0 Å². The van der Waals surface area contributed by atoms with E-state index in [1.54, 1.807) is 0 Å². The van der Waals surface area contributed by atoms with E-state index in [4.69, 9.17) is 19.5 Å². The SMILES string of the molecule is C[SiH](C)OC(C)(C1C(=O)N(S(=O)(=O)Cl)C1O[Si](C)(C)C)C(C)(C)C. The molecule has 0 saturated carbocycles. The lowest BCUT2D eigenvalue weighted by Gasteiger charge is -2.57. The molecule has 142 valence electrons. The molecule has 0 radical (unpaired) electrons. The molecule has 10 heteroatoms. The molecule has 1 rings (SSSR count). The van der Waals surface area contributed by atoms with Crippen LogP contribution >= 0.6 is 10.7 Å². The van der Waals surface area contributed by atoms with Crippen LogP contribution in [0.2, 0.25) is 32.7 Å². The molecule has 0 aromatic carbocycles. The van der Waals surface area contributed by atoms with Crippen LogP contribution in [0.5, 0.6) is 0 Å². The molecule has 0 aromatic rings. The number of hydrogen-bond acceptors (Lipinski definition) is 5. The topological polar surface area (TPSA) is 72.9 Å². The Hall–Kier alpha value is 0.0638. The summed E-state index contributed by atoms with van der Waals surface area (Å²) in [5, 5.41) is 0. The molecule has 1 saturated heterocycles. The third-order valence-electron chi connectivity index (χ3n) is 4.27. The van der Waals surface area contributed by atoms with E-state index < -0.39 is 50.2 Å². The average Bonchev–Trinajstić information content (AvgIpc) is 2.20. The minimum atomic E-state index is -4.19. The molecule has 0 aliphatic carbocycles. The van der Waals surface area contributed by atoms with Crippen molar-refractivity contribution in [2.24, 2.45) is 11.3 Å². The van der Waals surface area contributed by atoms with Gasteiger partial charge in [0.05, 0.1) is 5.60 Å². The second-order valence-electron chi connectivity index (χ2n) is 8.70. The van der Waals surface area contributed by atoms with E-state index in [1.807, 2.05) is 60.4 Å². The Morgan fingerprint density at radius 2 is 1.62 bits per heavy atom. The van der Waals surface area contributed by atoms with E-state index in [2.05, 4.69) is 0 Å². The smallest absolute Gasteiger partial charge is 0.326 e. The van der Waals surface area contributed by atoms with Crippen molar-refractivity contribution in [1.82, 2.24) is 4.31 Å². The number of carbonyl (C=O) groups is 1. The van der Waals surface area contributed by atoms with Crippen molar-refractivity contribution < 1.29 is 22.1 Å². The summed E-state index contributed by atoms with van der Waals surface area (Å²) >= 11 is 0. The molecule has 6 nitrogen and oxygen atoms in total. The van der Waals surface area contributed by atoms with Crippen LogP contribution in [0.25, 0.3) is 0 Å². The van der Waals surface area contributed by atoms with Crippen LogP contribution in [0.15, 0.2) is 0 Å². The predicted octanol–water partition coefficient (Wildman–Crippen LogP) is 2.91. The lowest BCUT2D eigenvalue weighted by Crippen LogP contribution is -2.73. The van der Waals surface area contributed by atoms with Crippen molar-refractivity contribution in [2.75, 3.05) is 0 Å². The molecule has 0 N–H and O–H groups in total. The zero-order chi connectivity index (χ0) is 19.3. The molecule has 1 fully saturated rings. The van der Waals surface area contributed by atoms with Gasteiger partial charge in [-0.25, -0.2) is 0 Å². The van der Waals surface area contributed by atoms with Crippen molar-refractivity contribution in [3.8, 4) is 0 Å². The van der Waals surface area contributed by atoms with E-state index in [0.717, 1.165) is 0 Å². The third-order valence-corrected chi connectivity index (χ3v) is 7.49. The summed E-state index contributed by atoms with van der Waals surface area (Å²) in [5.74, 6) is -1.26. The van der Waals surface area contributed by atoms with Gasteiger partial charge in [-0.1, -0.05) is 20.8 Å². The van der Waals surface area contributed by atoms with Gasteiger partial charge in [-0.2, -0.15) is 12.7 Å². The normalized spacial score (nSPS) is 25.6. The van der Waals surface area contributed by atoms with Gasteiger partial charge in [0.2, 0.25) is 5.91 Å². The monoisotopic (exact) mass is 415 g/mol. The van der Waals surface area contributed by atoms with Crippen molar-refractivity contribution >= 4 is 43.2 Å². The number of rotatable bonds is 6. The van der Waals surface area contributed by atoms with Crippen LogP contribution in [0.1, 0.15) is 27.7 Å². The fraction of sp³-hybridized carbons (Fsp3) is 0.929. The van der Waals surface area contributed by atoms with Gasteiger partial charge in [0.15, 0.2) is 23.6 Å². The molecule has 3 unspecified atom stereocenters. The highest BCUT2D eigenvalue weighted by molar-refractivity contribution is 8.12. The molecule has 0 bridgehead atoms. The lowest BCUT2D eigenvalue weighted by atomic mass is 9.67. The number of β-lactam (4-membered cyclic amide) rings is 1. The van der Waals surface area contributed by atoms with E-state index in [-0.39, 0.29) is 5.41 Å². The Balaban J connectivity index is 3.39. The second-order valence-corrected chi connectivity index (χ2v) is 17.9. The van der Waals surface area contributed by atoms with Crippen LogP contribution < -0.4 is 0 Å². The van der Waals surface area contributed by atoms with E-state index in [0.29, 0.717) is 4.31 Å². The fourth-order valence-corrected chi connectivity index (χ4v) is 6.56. The first-order valence-electron chi connectivity index (χ1n) is 8.05. The van der Waals surface area contributed by atoms with Gasteiger partial charge >= 0.3 is 9.24 Å². The maximum atomic E-state index is 12.7. The highest BCUT2D eigenvalue weighted by Gasteiger charge is 2.65. The summed E-state index contributed by atoms with van der Waals surface area (Å²) in [7, 11) is -2.35. The first kappa shape index (κ1) is 22.1. The third kappa shape index (κ3) is 4.42. The molecule has 1 amide bonds. The molecule has 1 heterocycles. The van der Waals surface area contributed by atoms with Gasteiger partial charge in [-0.15, -0.1) is 0 Å². The minimum absolute atomic E-state index is 0.381. The molecule has 0 spiro atoms. The Morgan fingerprint density at radius 1 is 1.17 bits per heavy atom. The van der Waals surface area contributed by atoms with Crippen molar-refractivity contribution in [3.63, 3.8) is 0 Å². The average molecular weight is 416 g/mol. The van der Waals surface area contributed by atoms with Crippen LogP contribution in [0.4, 0.5) is 0 Å². The minimum Gasteiger partial charge on any atom is -0.414 e. The molecule has 1 aliphatic rings. The van der Waals surface area contributed by atoms with Gasteiger partial charge in [-0.3, -0.25) is 4.79 Å². The molecular weight excluding hydrogens is 386 g/mol. The summed E-state index contributed by atoms with van der Waals surface area (Å²) in [5.41, 5.74) is -1.22. The molecule has 1 aliphatic heterocycles. The maximum absolute atomic E-state index is 12.7. The van der Waals surface area contributed by atoms with Gasteiger partial charge in [0.25, 0.3) is 0 Å². The largest absolute Gasteiger partial charge is 0.414 e. The molecule has 24 heavy (non-hydrogen) atoms. The zero-order valence-electron chi connectivity index (χ0n) is 16.0. The summed E-state index contributed by atoms with van der Waals surface area (Å²) < 4.78 is 36.6. The van der Waals surface area contributed by atoms with E-state index >= 15 is 0 Å². The highest BCUT2D eigenvalue weighted by Crippen LogP contribution is 2.49. The van der Waals surface area contributed by atoms with Gasteiger partial charge in [0.1, 0.15) is 5.92 Å². The summed E-state index contributed by atoms with van der Waals surface area (Å²) in [4.78, 5) is 12.7. The zero-order valence-corrected chi connectivity index (χ0v) is 19.7. The number of carbonyl (C=O) groups excluding carboxylic acids is 1. The number of halogens is 1. The number of amides is 1. The van der Waals surface area contributed by atoms with Gasteiger partial charge < -0.3 is 8.85 Å². The molecule has 3 atom stereocenters. The molecular formula is C14H30ClNO5SSi2. The van der Waals surface area contributed by atoms with Crippen LogP contribution in [0, 0.1) is 11.3 Å². The number of hydrogen-bond donors (Lipinski definition) is 0. The fourth-order valence-electron chi connectivity index (χ4n) is 2.86. The standard InChI is InChI=1S/C14H30ClNO5SSi2/c1-13(2,3)14(4,21-23(5)6)10-11(17)16(22(15,18)19)12(10)20-24(7,8)9/h10,12,23H,1-9H3. The highest BCUT2D eigenvalue weighted by atomic mass is 35.7. The Morgan fingerprint density at radius 3 is 1.92 bits per heavy atom. The van der Waals surface area contributed by atoms with Crippen LogP contribution in [-0.2, 0) is 22.9 Å². The van der Waals surface area contributed by atoms with E-state index in [1.165, 1.54) is 0 Å². The van der Waals surface area contributed by atoms with Crippen molar-refractivity contribution in [2.45, 2.75) is 72.3 Å². The van der Waals surface area contributed by atoms with E-state index in [9.17, 15) is 13.2 Å². The molecule has 0 aromatic heterocycles. The van der Waals surface area contributed by atoms with Gasteiger partial charge in [0, 0.05) is 10.7 Å².